The fourth-order valence-corrected chi connectivity index (χ4v) is 3.11. The van der Waals surface area contributed by atoms with Crippen LogP contribution >= 0.6 is 0 Å². The van der Waals surface area contributed by atoms with Gasteiger partial charge in [-0.1, -0.05) is 6.92 Å². The van der Waals surface area contributed by atoms with Crippen LogP contribution in [-0.2, 0) is 13.6 Å². The predicted octanol–water partition coefficient (Wildman–Crippen LogP) is 1.88. The van der Waals surface area contributed by atoms with Crippen LogP contribution in [0.5, 0.6) is 0 Å². The zero-order valence-corrected chi connectivity index (χ0v) is 13.7. The molecule has 0 saturated carbocycles. The van der Waals surface area contributed by atoms with Crippen LogP contribution in [0.3, 0.4) is 0 Å². The number of hydrogen-bond donors (Lipinski definition) is 0. The molecule has 1 aliphatic rings. The molecule has 0 aromatic carbocycles. The van der Waals surface area contributed by atoms with Gasteiger partial charge >= 0.3 is 0 Å². The maximum absolute atomic E-state index is 12.5. The summed E-state index contributed by atoms with van der Waals surface area (Å²) in [7, 11) is 1.84. The number of aromatic nitrogens is 4. The van der Waals surface area contributed by atoms with Crippen molar-refractivity contribution in [2.75, 3.05) is 13.1 Å². The first kappa shape index (κ1) is 14.8. The minimum absolute atomic E-state index is 0.0761. The molecule has 2 aromatic heterocycles. The molecule has 3 heterocycles. The van der Waals surface area contributed by atoms with E-state index in [9.17, 15) is 4.79 Å². The van der Waals surface area contributed by atoms with Gasteiger partial charge in [-0.3, -0.25) is 9.48 Å². The van der Waals surface area contributed by atoms with Crippen molar-refractivity contribution in [3.8, 4) is 0 Å². The van der Waals surface area contributed by atoms with Gasteiger partial charge in [-0.05, 0) is 20.3 Å². The van der Waals surface area contributed by atoms with E-state index in [1.54, 1.807) is 10.9 Å². The lowest BCUT2D eigenvalue weighted by molar-refractivity contribution is 0.0590. The number of hydrogen-bond acceptors (Lipinski definition) is 3. The zero-order chi connectivity index (χ0) is 15.9. The average Bonchev–Trinajstić information content (AvgIpc) is 2.93. The molecule has 118 valence electrons. The molecule has 22 heavy (non-hydrogen) atoms. The number of carbonyl (C=O) groups is 1. The molecule has 0 bridgehead atoms. The lowest BCUT2D eigenvalue weighted by Crippen LogP contribution is -2.49. The quantitative estimate of drug-likeness (QED) is 0.866. The molecule has 0 unspecified atom stereocenters. The third-order valence-corrected chi connectivity index (χ3v) is 4.31. The Hall–Kier alpha value is -2.11. The van der Waals surface area contributed by atoms with Crippen LogP contribution in [0.15, 0.2) is 12.4 Å². The molecule has 1 fully saturated rings. The van der Waals surface area contributed by atoms with Crippen LogP contribution in [0.2, 0.25) is 0 Å². The van der Waals surface area contributed by atoms with Crippen LogP contribution in [0.4, 0.5) is 0 Å². The second-order valence-electron chi connectivity index (χ2n) is 6.12. The first-order valence-electron chi connectivity index (χ1n) is 7.82. The van der Waals surface area contributed by atoms with Crippen LogP contribution in [0.1, 0.15) is 46.8 Å². The standard InChI is InChI=1S/C16H23N5O/c1-5-6-21-11(2)7-17-15(21)13-8-20(9-13)16(22)14-10-19(4)18-12(14)3/h7,10,13H,5-6,8-9H2,1-4H3. The predicted molar refractivity (Wildman–Crippen MR) is 83.8 cm³/mol. The van der Waals surface area contributed by atoms with E-state index in [2.05, 4.69) is 28.5 Å². The second-order valence-corrected chi connectivity index (χ2v) is 6.12. The molecule has 0 spiro atoms. The monoisotopic (exact) mass is 301 g/mol. The van der Waals surface area contributed by atoms with Crippen molar-refractivity contribution < 1.29 is 4.79 Å². The largest absolute Gasteiger partial charge is 0.337 e. The van der Waals surface area contributed by atoms with Crippen molar-refractivity contribution in [3.05, 3.63) is 35.2 Å². The van der Waals surface area contributed by atoms with Crippen LogP contribution in [0.25, 0.3) is 0 Å². The number of nitrogens with zero attached hydrogens (tertiary/aromatic N) is 5. The number of likely N-dealkylation sites (tertiary alicyclic amines) is 1. The van der Waals surface area contributed by atoms with Gasteiger partial charge in [-0.2, -0.15) is 5.10 Å². The van der Waals surface area contributed by atoms with Crippen LogP contribution in [-0.4, -0.2) is 43.2 Å². The molecule has 0 atom stereocenters. The fourth-order valence-electron chi connectivity index (χ4n) is 3.11. The van der Waals surface area contributed by atoms with Crippen molar-refractivity contribution in [2.45, 2.75) is 39.7 Å². The van der Waals surface area contributed by atoms with E-state index in [1.165, 1.54) is 5.69 Å². The number of amides is 1. The minimum atomic E-state index is 0.0761. The van der Waals surface area contributed by atoms with E-state index < -0.39 is 0 Å². The van der Waals surface area contributed by atoms with Crippen molar-refractivity contribution in [1.82, 2.24) is 24.2 Å². The van der Waals surface area contributed by atoms with Gasteiger partial charge in [-0.15, -0.1) is 0 Å². The van der Waals surface area contributed by atoms with Crippen molar-refractivity contribution in [1.29, 1.82) is 0 Å². The molecule has 1 aliphatic heterocycles. The Balaban J connectivity index is 1.69. The molecule has 1 amide bonds. The lowest BCUT2D eigenvalue weighted by Gasteiger charge is -2.39. The summed E-state index contributed by atoms with van der Waals surface area (Å²) in [6.07, 6.45) is 4.82. The third-order valence-electron chi connectivity index (χ3n) is 4.31. The average molecular weight is 301 g/mol. The van der Waals surface area contributed by atoms with Crippen molar-refractivity contribution in [3.63, 3.8) is 0 Å². The number of imidazole rings is 1. The fraction of sp³-hybridized carbons (Fsp3) is 0.562. The Morgan fingerprint density at radius 2 is 2.09 bits per heavy atom. The highest BCUT2D eigenvalue weighted by Crippen LogP contribution is 2.28. The van der Waals surface area contributed by atoms with E-state index in [1.807, 2.05) is 25.1 Å². The highest BCUT2D eigenvalue weighted by molar-refractivity contribution is 5.95. The minimum Gasteiger partial charge on any atom is -0.337 e. The summed E-state index contributed by atoms with van der Waals surface area (Å²) >= 11 is 0. The van der Waals surface area contributed by atoms with Gasteiger partial charge in [-0.25, -0.2) is 4.98 Å². The molecule has 2 aromatic rings. The highest BCUT2D eigenvalue weighted by atomic mass is 16.2. The van der Waals surface area contributed by atoms with Crippen molar-refractivity contribution in [2.24, 2.45) is 7.05 Å². The molecular weight excluding hydrogens is 278 g/mol. The number of rotatable bonds is 4. The van der Waals surface area contributed by atoms with Crippen molar-refractivity contribution >= 4 is 5.91 Å². The Bertz CT molecular complexity index is 693. The van der Waals surface area contributed by atoms with Gasteiger partial charge in [0.2, 0.25) is 0 Å². The molecular formula is C16H23N5O. The molecule has 6 heteroatoms. The number of aryl methyl sites for hydroxylation is 3. The molecule has 1 saturated heterocycles. The van der Waals surface area contributed by atoms with E-state index in [-0.39, 0.29) is 5.91 Å². The Morgan fingerprint density at radius 1 is 1.36 bits per heavy atom. The first-order chi connectivity index (χ1) is 10.5. The summed E-state index contributed by atoms with van der Waals surface area (Å²) in [4.78, 5) is 18.9. The summed E-state index contributed by atoms with van der Waals surface area (Å²) in [5, 5.41) is 4.24. The van der Waals surface area contributed by atoms with Gasteiger partial charge in [0.05, 0.1) is 17.2 Å². The Labute approximate surface area is 130 Å². The first-order valence-corrected chi connectivity index (χ1v) is 7.82. The second kappa shape index (κ2) is 5.59. The van der Waals surface area contributed by atoms with E-state index >= 15 is 0 Å². The summed E-state index contributed by atoms with van der Waals surface area (Å²) in [5.41, 5.74) is 2.69. The zero-order valence-electron chi connectivity index (χ0n) is 13.7. The lowest BCUT2D eigenvalue weighted by atomic mass is 9.98. The maximum atomic E-state index is 12.5. The maximum Gasteiger partial charge on any atom is 0.257 e. The van der Waals surface area contributed by atoms with Gasteiger partial charge in [0, 0.05) is 44.8 Å². The van der Waals surface area contributed by atoms with Gasteiger partial charge < -0.3 is 9.47 Å². The summed E-state index contributed by atoms with van der Waals surface area (Å²) in [6.45, 7) is 8.62. The topological polar surface area (TPSA) is 56.0 Å². The summed E-state index contributed by atoms with van der Waals surface area (Å²) in [6, 6.07) is 0. The molecule has 0 aliphatic carbocycles. The summed E-state index contributed by atoms with van der Waals surface area (Å²) < 4.78 is 3.97. The number of carbonyl (C=O) groups excluding carboxylic acids is 1. The smallest absolute Gasteiger partial charge is 0.257 e. The normalized spacial score (nSPS) is 15.2. The van der Waals surface area contributed by atoms with Crippen LogP contribution in [0, 0.1) is 13.8 Å². The summed E-state index contributed by atoms with van der Waals surface area (Å²) in [5.74, 6) is 1.54. The van der Waals surface area contributed by atoms with Crippen LogP contribution < -0.4 is 0 Å². The molecule has 3 rings (SSSR count). The molecule has 6 nitrogen and oxygen atoms in total. The van der Waals surface area contributed by atoms with Gasteiger partial charge in [0.25, 0.3) is 5.91 Å². The van der Waals surface area contributed by atoms with Gasteiger partial charge in [0.15, 0.2) is 0 Å². The Kier molecular flexibility index (Phi) is 3.76. The van der Waals surface area contributed by atoms with E-state index in [4.69, 9.17) is 0 Å². The SMILES string of the molecule is CCCn1c(C)cnc1C1CN(C(=O)c2cn(C)nc2C)C1. The van der Waals surface area contributed by atoms with Gasteiger partial charge in [0.1, 0.15) is 5.82 Å². The third kappa shape index (κ3) is 2.42. The van der Waals surface area contributed by atoms with E-state index in [0.717, 1.165) is 37.6 Å². The Morgan fingerprint density at radius 3 is 2.68 bits per heavy atom. The molecule has 0 N–H and O–H groups in total. The van der Waals surface area contributed by atoms with E-state index in [0.29, 0.717) is 11.5 Å². The molecule has 0 radical (unpaired) electrons. The highest BCUT2D eigenvalue weighted by Gasteiger charge is 2.36.